The number of aromatic nitrogens is 1. The molecule has 0 spiro atoms. The molecule has 9 heteroatoms. The highest BCUT2D eigenvalue weighted by atomic mass is 16.6. The Balaban J connectivity index is 1.63. The Bertz CT molecular complexity index is 1220. The van der Waals surface area contributed by atoms with Crippen LogP contribution >= 0.6 is 0 Å². The summed E-state index contributed by atoms with van der Waals surface area (Å²) in [6.07, 6.45) is 3.65. The van der Waals surface area contributed by atoms with Gasteiger partial charge in [0.2, 0.25) is 0 Å². The molecule has 2 aromatic rings. The van der Waals surface area contributed by atoms with Gasteiger partial charge in [0.1, 0.15) is 11.2 Å². The molecule has 1 fully saturated rings. The van der Waals surface area contributed by atoms with Crippen LogP contribution in [0.15, 0.2) is 35.3 Å². The summed E-state index contributed by atoms with van der Waals surface area (Å²) in [6, 6.07) is 7.30. The number of nitrogens with zero attached hydrogens (tertiary/aromatic N) is 2. The normalized spacial score (nSPS) is 15.3. The number of hydrogen-bond donors (Lipinski definition) is 2. The lowest BCUT2D eigenvalue weighted by Crippen LogP contribution is -2.40. The fourth-order valence-electron chi connectivity index (χ4n) is 4.17. The second kappa shape index (κ2) is 9.56. The number of carbonyl (C=O) groups is 3. The molecule has 1 aliphatic heterocycles. The van der Waals surface area contributed by atoms with Crippen LogP contribution in [-0.4, -0.2) is 52.6 Å². The minimum absolute atomic E-state index is 0.0724. The zero-order chi connectivity index (χ0) is 25.3. The maximum absolute atomic E-state index is 13.1. The van der Waals surface area contributed by atoms with Gasteiger partial charge in [0.25, 0.3) is 17.4 Å². The molecule has 0 bridgehead atoms. The Labute approximate surface area is 204 Å². The van der Waals surface area contributed by atoms with E-state index in [1.54, 1.807) is 4.90 Å². The highest BCUT2D eigenvalue weighted by Crippen LogP contribution is 2.25. The van der Waals surface area contributed by atoms with Crippen LogP contribution in [0.3, 0.4) is 0 Å². The van der Waals surface area contributed by atoms with Crippen LogP contribution in [0.1, 0.15) is 71.0 Å². The standard InChI is InChI=1S/C26H32N4O5/c1-26(2,3)35-25(34)29-11-10-20-16(13-29)6-5-7-17(20)14-30-15-18(22(31)28-19-8-9-19)12-21(24(30)33)23(32)27-4/h5-7,12,15,19H,8-11,13-14H2,1-4H3,(H,27,32)(H,28,31). The van der Waals surface area contributed by atoms with Crippen molar-refractivity contribution in [3.8, 4) is 0 Å². The molecule has 35 heavy (non-hydrogen) atoms. The molecule has 1 saturated carbocycles. The maximum atomic E-state index is 13.1. The molecular formula is C26H32N4O5. The third kappa shape index (κ3) is 5.72. The molecule has 2 aliphatic rings. The summed E-state index contributed by atoms with van der Waals surface area (Å²) in [7, 11) is 1.45. The average Bonchev–Trinajstić information content (AvgIpc) is 3.62. The Hall–Kier alpha value is -3.62. The zero-order valence-corrected chi connectivity index (χ0v) is 20.6. The molecule has 0 radical (unpaired) electrons. The number of ether oxygens (including phenoxy) is 1. The smallest absolute Gasteiger partial charge is 0.410 e. The van der Waals surface area contributed by atoms with Gasteiger partial charge in [0.15, 0.2) is 0 Å². The third-order valence-corrected chi connectivity index (χ3v) is 6.09. The van der Waals surface area contributed by atoms with E-state index in [1.807, 2.05) is 39.0 Å². The summed E-state index contributed by atoms with van der Waals surface area (Å²) in [5.41, 5.74) is 2.13. The van der Waals surface area contributed by atoms with E-state index in [2.05, 4.69) is 10.6 Å². The van der Waals surface area contributed by atoms with Crippen molar-refractivity contribution in [3.63, 3.8) is 0 Å². The largest absolute Gasteiger partial charge is 0.444 e. The highest BCUT2D eigenvalue weighted by molar-refractivity contribution is 5.99. The molecule has 1 aromatic carbocycles. The van der Waals surface area contributed by atoms with Gasteiger partial charge >= 0.3 is 6.09 Å². The highest BCUT2D eigenvalue weighted by Gasteiger charge is 2.28. The summed E-state index contributed by atoms with van der Waals surface area (Å²) < 4.78 is 6.93. The van der Waals surface area contributed by atoms with Gasteiger partial charge in [-0.05, 0) is 62.8 Å². The van der Waals surface area contributed by atoms with Crippen molar-refractivity contribution in [1.29, 1.82) is 0 Å². The number of carbonyl (C=O) groups excluding carboxylic acids is 3. The first-order chi connectivity index (χ1) is 16.6. The molecule has 9 nitrogen and oxygen atoms in total. The van der Waals surface area contributed by atoms with E-state index in [0.29, 0.717) is 19.5 Å². The Morgan fingerprint density at radius 2 is 1.89 bits per heavy atom. The lowest BCUT2D eigenvalue weighted by atomic mass is 9.94. The molecule has 186 valence electrons. The Kier molecular flexibility index (Phi) is 6.69. The first-order valence-corrected chi connectivity index (χ1v) is 11.9. The van der Waals surface area contributed by atoms with Crippen LogP contribution in [0, 0.1) is 0 Å². The monoisotopic (exact) mass is 480 g/mol. The molecule has 3 amide bonds. The van der Waals surface area contributed by atoms with Gasteiger partial charge in [-0.2, -0.15) is 0 Å². The second-order valence-corrected chi connectivity index (χ2v) is 10.1. The van der Waals surface area contributed by atoms with Crippen LogP contribution in [0.2, 0.25) is 0 Å². The van der Waals surface area contributed by atoms with Crippen molar-refractivity contribution in [2.75, 3.05) is 13.6 Å². The third-order valence-electron chi connectivity index (χ3n) is 6.09. The van der Waals surface area contributed by atoms with Crippen LogP contribution in [0.4, 0.5) is 4.79 Å². The van der Waals surface area contributed by atoms with E-state index in [9.17, 15) is 19.2 Å². The van der Waals surface area contributed by atoms with Crippen LogP contribution in [-0.2, 0) is 24.2 Å². The van der Waals surface area contributed by atoms with Crippen LogP contribution in [0.25, 0.3) is 0 Å². The number of rotatable bonds is 5. The van der Waals surface area contributed by atoms with E-state index in [1.165, 1.54) is 23.9 Å². The number of amides is 3. The van der Waals surface area contributed by atoms with Gasteiger partial charge in [-0.1, -0.05) is 18.2 Å². The molecule has 0 unspecified atom stereocenters. The van der Waals surface area contributed by atoms with Gasteiger partial charge in [-0.15, -0.1) is 0 Å². The molecule has 2 heterocycles. The fourth-order valence-corrected chi connectivity index (χ4v) is 4.17. The minimum Gasteiger partial charge on any atom is -0.444 e. The topological polar surface area (TPSA) is 110 Å². The van der Waals surface area contributed by atoms with E-state index in [0.717, 1.165) is 29.5 Å². The zero-order valence-electron chi connectivity index (χ0n) is 20.6. The molecule has 0 atom stereocenters. The van der Waals surface area contributed by atoms with Crippen molar-refractivity contribution < 1.29 is 19.1 Å². The number of benzene rings is 1. The van der Waals surface area contributed by atoms with Crippen molar-refractivity contribution in [3.05, 3.63) is 68.6 Å². The molecule has 0 saturated heterocycles. The van der Waals surface area contributed by atoms with Crippen molar-refractivity contribution in [2.45, 2.75) is 64.8 Å². The molecule has 1 aromatic heterocycles. The minimum atomic E-state index is -0.570. The molecule has 4 rings (SSSR count). The lowest BCUT2D eigenvalue weighted by molar-refractivity contribution is 0.0223. The first kappa shape index (κ1) is 24.5. The van der Waals surface area contributed by atoms with E-state index < -0.39 is 17.1 Å². The van der Waals surface area contributed by atoms with Gasteiger partial charge in [-0.3, -0.25) is 14.4 Å². The Morgan fingerprint density at radius 3 is 2.54 bits per heavy atom. The summed E-state index contributed by atoms with van der Waals surface area (Å²) in [4.78, 5) is 52.4. The van der Waals surface area contributed by atoms with Crippen LogP contribution in [0.5, 0.6) is 0 Å². The molecular weight excluding hydrogens is 448 g/mol. The number of nitrogens with one attached hydrogen (secondary N) is 2. The quantitative estimate of drug-likeness (QED) is 0.683. The Morgan fingerprint density at radius 1 is 1.14 bits per heavy atom. The van der Waals surface area contributed by atoms with Gasteiger partial charge < -0.3 is 24.8 Å². The van der Waals surface area contributed by atoms with Crippen LogP contribution < -0.4 is 16.2 Å². The molecule has 2 N–H and O–H groups in total. The van der Waals surface area contributed by atoms with Gasteiger partial charge in [0.05, 0.1) is 12.1 Å². The lowest BCUT2D eigenvalue weighted by Gasteiger charge is -2.32. The van der Waals surface area contributed by atoms with Gasteiger partial charge in [0, 0.05) is 32.4 Å². The van der Waals surface area contributed by atoms with Crippen molar-refractivity contribution in [1.82, 2.24) is 20.1 Å². The van der Waals surface area contributed by atoms with Crippen molar-refractivity contribution >= 4 is 17.9 Å². The SMILES string of the molecule is CNC(=O)c1cc(C(=O)NC2CC2)cn(Cc2cccc3c2CCN(C(=O)OC(C)(C)C)C3)c1=O. The predicted molar refractivity (Wildman–Crippen MR) is 130 cm³/mol. The molecule has 1 aliphatic carbocycles. The van der Waals surface area contributed by atoms with E-state index in [-0.39, 0.29) is 35.7 Å². The van der Waals surface area contributed by atoms with E-state index in [4.69, 9.17) is 4.74 Å². The predicted octanol–water partition coefficient (Wildman–Crippen LogP) is 2.44. The number of pyridine rings is 1. The second-order valence-electron chi connectivity index (χ2n) is 10.1. The maximum Gasteiger partial charge on any atom is 0.410 e. The summed E-state index contributed by atoms with van der Waals surface area (Å²) in [6.45, 7) is 6.64. The number of fused-ring (bicyclic) bond motifs is 1. The first-order valence-electron chi connectivity index (χ1n) is 11.9. The van der Waals surface area contributed by atoms with Gasteiger partial charge in [-0.25, -0.2) is 4.79 Å². The fraction of sp³-hybridized carbons (Fsp3) is 0.462. The average molecular weight is 481 g/mol. The van der Waals surface area contributed by atoms with Crippen molar-refractivity contribution in [2.24, 2.45) is 0 Å². The number of hydrogen-bond acceptors (Lipinski definition) is 5. The van der Waals surface area contributed by atoms with E-state index >= 15 is 0 Å². The summed E-state index contributed by atoms with van der Waals surface area (Å²) >= 11 is 0. The summed E-state index contributed by atoms with van der Waals surface area (Å²) in [5, 5.41) is 5.39. The summed E-state index contributed by atoms with van der Waals surface area (Å²) in [5.74, 6) is -0.831.